The highest BCUT2D eigenvalue weighted by molar-refractivity contribution is 5.78. The molecule has 0 aromatic carbocycles. The molecular weight excluding hydrogens is 250 g/mol. The maximum absolute atomic E-state index is 11.4. The zero-order chi connectivity index (χ0) is 14.5. The molecule has 112 valence electrons. The van der Waals surface area contributed by atoms with Crippen LogP contribution in [0.3, 0.4) is 0 Å². The van der Waals surface area contributed by atoms with E-state index in [4.69, 9.17) is 5.10 Å². The van der Waals surface area contributed by atoms with Gasteiger partial charge in [0.15, 0.2) is 0 Å². The van der Waals surface area contributed by atoms with E-state index in [2.05, 4.69) is 35.7 Å². The molecule has 0 spiro atoms. The minimum absolute atomic E-state index is 0.286. The lowest BCUT2D eigenvalue weighted by Crippen LogP contribution is -2.35. The third-order valence-corrected chi connectivity index (χ3v) is 4.53. The zero-order valence-electron chi connectivity index (χ0n) is 13.0. The third kappa shape index (κ3) is 3.69. The van der Waals surface area contributed by atoms with E-state index in [0.29, 0.717) is 11.8 Å². The molecular formula is C16H27N3O. The number of hydrogen-bond donors (Lipinski definition) is 0. The van der Waals surface area contributed by atoms with Crippen molar-refractivity contribution < 1.29 is 4.79 Å². The second-order valence-electron chi connectivity index (χ2n) is 5.92. The normalized spacial score (nSPS) is 17.8. The summed E-state index contributed by atoms with van der Waals surface area (Å²) in [6, 6.07) is 2.65. The van der Waals surface area contributed by atoms with E-state index in [1.807, 2.05) is 0 Å². The van der Waals surface area contributed by atoms with Crippen LogP contribution in [0, 0.1) is 5.92 Å². The largest absolute Gasteiger partial charge is 0.300 e. The molecule has 1 aromatic heterocycles. The maximum atomic E-state index is 11.4. The van der Waals surface area contributed by atoms with Crippen molar-refractivity contribution in [2.24, 2.45) is 5.92 Å². The number of ketones is 1. The van der Waals surface area contributed by atoms with Crippen LogP contribution in [0.2, 0.25) is 0 Å². The molecule has 2 rings (SSSR count). The van der Waals surface area contributed by atoms with Crippen molar-refractivity contribution in [2.45, 2.75) is 59.0 Å². The molecule has 4 nitrogen and oxygen atoms in total. The molecule has 1 aliphatic rings. The number of piperidine rings is 1. The number of aromatic nitrogens is 2. The van der Waals surface area contributed by atoms with E-state index in [-0.39, 0.29) is 5.92 Å². The Balaban J connectivity index is 1.87. The van der Waals surface area contributed by atoms with Gasteiger partial charge in [0.05, 0.1) is 11.7 Å². The topological polar surface area (TPSA) is 38.1 Å². The van der Waals surface area contributed by atoms with Gasteiger partial charge < -0.3 is 0 Å². The van der Waals surface area contributed by atoms with Gasteiger partial charge >= 0.3 is 0 Å². The Morgan fingerprint density at radius 2 is 2.00 bits per heavy atom. The molecule has 0 saturated carbocycles. The molecule has 0 amide bonds. The molecule has 0 atom stereocenters. The van der Waals surface area contributed by atoms with Gasteiger partial charge in [0, 0.05) is 18.7 Å². The van der Waals surface area contributed by atoms with E-state index in [1.165, 1.54) is 0 Å². The molecule has 4 heteroatoms. The van der Waals surface area contributed by atoms with Crippen molar-refractivity contribution in [3.8, 4) is 0 Å². The average Bonchev–Trinajstić information content (AvgIpc) is 2.89. The predicted octanol–water partition coefficient (Wildman–Crippen LogP) is 3.05. The van der Waals surface area contributed by atoms with Crippen molar-refractivity contribution in [3.05, 3.63) is 18.0 Å². The Labute approximate surface area is 122 Å². The number of hydrogen-bond acceptors (Lipinski definition) is 3. The van der Waals surface area contributed by atoms with E-state index >= 15 is 0 Å². The van der Waals surface area contributed by atoms with Crippen molar-refractivity contribution in [1.29, 1.82) is 0 Å². The molecule has 0 aliphatic carbocycles. The lowest BCUT2D eigenvalue weighted by molar-refractivity contribution is -0.122. The van der Waals surface area contributed by atoms with Crippen LogP contribution in [-0.2, 0) is 11.3 Å². The summed E-state index contributed by atoms with van der Waals surface area (Å²) in [7, 11) is 0. The van der Waals surface area contributed by atoms with Crippen LogP contribution in [-0.4, -0.2) is 33.6 Å². The molecule has 0 N–H and O–H groups in total. The summed E-state index contributed by atoms with van der Waals surface area (Å²) in [6.45, 7) is 9.09. The highest BCUT2D eigenvalue weighted by atomic mass is 16.1. The quantitative estimate of drug-likeness (QED) is 0.802. The first-order valence-electron chi connectivity index (χ1n) is 7.90. The molecule has 0 bridgehead atoms. The molecule has 2 heterocycles. The summed E-state index contributed by atoms with van der Waals surface area (Å²) < 4.78 is 2.11. The smallest absolute Gasteiger partial charge is 0.133 e. The van der Waals surface area contributed by atoms with Crippen molar-refractivity contribution in [2.75, 3.05) is 13.1 Å². The molecule has 0 unspecified atom stereocenters. The first kappa shape index (κ1) is 15.2. The third-order valence-electron chi connectivity index (χ3n) is 4.53. The van der Waals surface area contributed by atoms with Crippen LogP contribution in [0.15, 0.2) is 12.3 Å². The maximum Gasteiger partial charge on any atom is 0.133 e. The van der Waals surface area contributed by atoms with Crippen molar-refractivity contribution in [1.82, 2.24) is 14.7 Å². The molecule has 0 radical (unpaired) electrons. The zero-order valence-corrected chi connectivity index (χ0v) is 13.0. The summed E-state index contributed by atoms with van der Waals surface area (Å²) in [4.78, 5) is 13.8. The number of carbonyl (C=O) groups excluding carboxylic acids is 1. The fourth-order valence-electron chi connectivity index (χ4n) is 3.05. The SMILES string of the molecule is CCC(CC)n1ccc(CN2CCC(C(C)=O)CC2)n1. The Morgan fingerprint density at radius 3 is 2.55 bits per heavy atom. The summed E-state index contributed by atoms with van der Waals surface area (Å²) in [6.07, 6.45) is 6.36. The van der Waals surface area contributed by atoms with E-state index in [1.54, 1.807) is 6.92 Å². The fourth-order valence-corrected chi connectivity index (χ4v) is 3.05. The molecule has 1 saturated heterocycles. The van der Waals surface area contributed by atoms with E-state index in [9.17, 15) is 4.79 Å². The monoisotopic (exact) mass is 277 g/mol. The fraction of sp³-hybridized carbons (Fsp3) is 0.750. The standard InChI is InChI=1S/C16H27N3O/c1-4-16(5-2)19-11-8-15(17-19)12-18-9-6-14(7-10-18)13(3)20/h8,11,14,16H,4-7,9-10,12H2,1-3H3. The minimum atomic E-state index is 0.286. The first-order chi connectivity index (χ1) is 9.63. The Morgan fingerprint density at radius 1 is 1.35 bits per heavy atom. The van der Waals surface area contributed by atoms with Crippen LogP contribution in [0.25, 0.3) is 0 Å². The van der Waals surface area contributed by atoms with Crippen LogP contribution in [0.4, 0.5) is 0 Å². The Bertz CT molecular complexity index is 429. The van der Waals surface area contributed by atoms with Gasteiger partial charge in [-0.25, -0.2) is 0 Å². The van der Waals surface area contributed by atoms with Gasteiger partial charge in [-0.3, -0.25) is 14.4 Å². The summed E-state index contributed by atoms with van der Waals surface area (Å²) in [5.41, 5.74) is 1.15. The highest BCUT2D eigenvalue weighted by Crippen LogP contribution is 2.20. The Hall–Kier alpha value is -1.16. The van der Waals surface area contributed by atoms with Crippen molar-refractivity contribution >= 4 is 5.78 Å². The summed E-state index contributed by atoms with van der Waals surface area (Å²) in [5.74, 6) is 0.635. The Kier molecular flexibility index (Phi) is 5.35. The van der Waals surface area contributed by atoms with E-state index < -0.39 is 0 Å². The summed E-state index contributed by atoms with van der Waals surface area (Å²) >= 11 is 0. The van der Waals surface area contributed by atoms with Crippen LogP contribution in [0.1, 0.15) is 58.2 Å². The van der Waals surface area contributed by atoms with Crippen molar-refractivity contribution in [3.63, 3.8) is 0 Å². The molecule has 20 heavy (non-hydrogen) atoms. The lowest BCUT2D eigenvalue weighted by Gasteiger charge is -2.30. The van der Waals surface area contributed by atoms with Crippen LogP contribution >= 0.6 is 0 Å². The number of Topliss-reactive ketones (excluding diaryl/α,β-unsaturated/α-hetero) is 1. The van der Waals surface area contributed by atoms with Gasteiger partial charge in [-0.1, -0.05) is 13.8 Å². The van der Waals surface area contributed by atoms with Gasteiger partial charge in [0.1, 0.15) is 5.78 Å². The van der Waals surface area contributed by atoms with Crippen LogP contribution in [0.5, 0.6) is 0 Å². The molecule has 1 fully saturated rings. The first-order valence-corrected chi connectivity index (χ1v) is 7.90. The van der Waals surface area contributed by atoms with Gasteiger partial charge in [-0.2, -0.15) is 5.10 Å². The molecule has 1 aromatic rings. The second-order valence-corrected chi connectivity index (χ2v) is 5.92. The number of nitrogens with zero attached hydrogens (tertiary/aromatic N) is 3. The number of likely N-dealkylation sites (tertiary alicyclic amines) is 1. The number of rotatable bonds is 6. The predicted molar refractivity (Wildman–Crippen MR) is 80.5 cm³/mol. The number of carbonyl (C=O) groups is 1. The average molecular weight is 277 g/mol. The summed E-state index contributed by atoms with van der Waals surface area (Å²) in [5, 5.41) is 4.71. The van der Waals surface area contributed by atoms with Gasteiger partial charge in [0.25, 0.3) is 0 Å². The highest BCUT2D eigenvalue weighted by Gasteiger charge is 2.22. The lowest BCUT2D eigenvalue weighted by atomic mass is 9.93. The second kappa shape index (κ2) is 7.02. The van der Waals surface area contributed by atoms with Crippen LogP contribution < -0.4 is 0 Å². The van der Waals surface area contributed by atoms with E-state index in [0.717, 1.165) is 51.0 Å². The minimum Gasteiger partial charge on any atom is -0.300 e. The van der Waals surface area contributed by atoms with Gasteiger partial charge in [0.2, 0.25) is 0 Å². The molecule has 1 aliphatic heterocycles. The van der Waals surface area contributed by atoms with Gasteiger partial charge in [-0.15, -0.1) is 0 Å². The van der Waals surface area contributed by atoms with Gasteiger partial charge in [-0.05, 0) is 51.8 Å².